The average molecular weight is 413 g/mol. The van der Waals surface area contributed by atoms with Gasteiger partial charge in [0.1, 0.15) is 5.37 Å². The Morgan fingerprint density at radius 1 is 1.04 bits per heavy atom. The number of nitrogens with one attached hydrogen (secondary N) is 2. The Labute approximate surface area is 170 Å². The van der Waals surface area contributed by atoms with Gasteiger partial charge in [-0.25, -0.2) is 0 Å². The zero-order valence-electron chi connectivity index (χ0n) is 16.2. The van der Waals surface area contributed by atoms with E-state index in [2.05, 4.69) is 22.6 Å². The van der Waals surface area contributed by atoms with Gasteiger partial charge in [-0.05, 0) is 45.0 Å². The Bertz CT molecular complexity index is 550. The third-order valence-corrected chi connectivity index (χ3v) is 9.15. The van der Waals surface area contributed by atoms with Crippen molar-refractivity contribution in [3.05, 3.63) is 0 Å². The molecule has 1 aliphatic carbocycles. The first-order valence-electron chi connectivity index (χ1n) is 10.4. The van der Waals surface area contributed by atoms with Crippen LogP contribution in [0.5, 0.6) is 0 Å². The molecule has 2 N–H and O–H groups in total. The van der Waals surface area contributed by atoms with Crippen molar-refractivity contribution in [1.82, 2.24) is 20.4 Å². The second-order valence-corrected chi connectivity index (χ2v) is 10.9. The Morgan fingerprint density at radius 2 is 1.89 bits per heavy atom. The number of thioether (sulfide) groups is 2. The summed E-state index contributed by atoms with van der Waals surface area (Å²) in [5.41, 5.74) is 0. The monoisotopic (exact) mass is 412 g/mol. The molecule has 1 saturated carbocycles. The predicted molar refractivity (Wildman–Crippen MR) is 112 cm³/mol. The van der Waals surface area contributed by atoms with Crippen molar-refractivity contribution in [2.75, 3.05) is 39.0 Å². The van der Waals surface area contributed by atoms with Crippen LogP contribution >= 0.6 is 23.5 Å². The summed E-state index contributed by atoms with van der Waals surface area (Å²) in [7, 11) is 2.12. The van der Waals surface area contributed by atoms with Crippen LogP contribution in [0, 0.1) is 5.92 Å². The second-order valence-electron chi connectivity index (χ2n) is 8.29. The van der Waals surface area contributed by atoms with E-state index in [-0.39, 0.29) is 28.5 Å². The van der Waals surface area contributed by atoms with Crippen LogP contribution < -0.4 is 10.6 Å². The molecule has 5 atom stereocenters. The molecule has 4 aliphatic rings. The largest absolute Gasteiger partial charge is 0.341 e. The zero-order chi connectivity index (χ0) is 18.8. The number of fused-ring (bicyclic) bond motifs is 1. The minimum absolute atomic E-state index is 0.0715. The van der Waals surface area contributed by atoms with Crippen LogP contribution in [-0.2, 0) is 9.59 Å². The number of hydrogen-bond acceptors (Lipinski definition) is 6. The van der Waals surface area contributed by atoms with E-state index in [4.69, 9.17) is 0 Å². The molecule has 4 fully saturated rings. The van der Waals surface area contributed by atoms with Gasteiger partial charge < -0.3 is 15.1 Å². The third kappa shape index (κ3) is 4.60. The molecule has 0 spiro atoms. The summed E-state index contributed by atoms with van der Waals surface area (Å²) >= 11 is 3.53. The maximum absolute atomic E-state index is 13.1. The standard InChI is InChI=1S/C19H32N4O2S2/c1-22-8-4-9-23(11-10-22)19(25)13-7-12-26-17(13)21-16(24)18-20-14-5-2-3-6-15(14)27-18/h13-15,17-18,20H,2-12H2,1H3,(H,21,24). The van der Waals surface area contributed by atoms with E-state index in [1.807, 2.05) is 4.90 Å². The van der Waals surface area contributed by atoms with Gasteiger partial charge in [-0.1, -0.05) is 12.8 Å². The van der Waals surface area contributed by atoms with Crippen molar-refractivity contribution >= 4 is 35.3 Å². The van der Waals surface area contributed by atoms with Gasteiger partial charge >= 0.3 is 0 Å². The van der Waals surface area contributed by atoms with Crippen LogP contribution in [0.4, 0.5) is 0 Å². The van der Waals surface area contributed by atoms with Gasteiger partial charge in [-0.2, -0.15) is 0 Å². The van der Waals surface area contributed by atoms with Crippen LogP contribution in [0.25, 0.3) is 0 Å². The normalized spacial score (nSPS) is 37.7. The highest BCUT2D eigenvalue weighted by Crippen LogP contribution is 2.38. The maximum atomic E-state index is 13.1. The molecule has 152 valence electrons. The molecule has 0 aromatic rings. The average Bonchev–Trinajstić information content (AvgIpc) is 3.24. The fourth-order valence-electron chi connectivity index (χ4n) is 4.70. The van der Waals surface area contributed by atoms with Crippen molar-refractivity contribution in [3.63, 3.8) is 0 Å². The molecule has 27 heavy (non-hydrogen) atoms. The lowest BCUT2D eigenvalue weighted by molar-refractivity contribution is -0.135. The lowest BCUT2D eigenvalue weighted by Crippen LogP contribution is -2.49. The number of rotatable bonds is 3. The molecular formula is C19H32N4O2S2. The van der Waals surface area contributed by atoms with Crippen LogP contribution in [0.3, 0.4) is 0 Å². The first-order chi connectivity index (χ1) is 13.1. The van der Waals surface area contributed by atoms with E-state index in [1.165, 1.54) is 25.7 Å². The lowest BCUT2D eigenvalue weighted by atomic mass is 9.95. The van der Waals surface area contributed by atoms with Gasteiger partial charge in [-0.3, -0.25) is 14.9 Å². The Morgan fingerprint density at radius 3 is 2.74 bits per heavy atom. The molecule has 2 amide bonds. The molecule has 6 nitrogen and oxygen atoms in total. The summed E-state index contributed by atoms with van der Waals surface area (Å²) < 4.78 is 0. The smallest absolute Gasteiger partial charge is 0.248 e. The highest BCUT2D eigenvalue weighted by atomic mass is 32.2. The van der Waals surface area contributed by atoms with Crippen LogP contribution in [0.2, 0.25) is 0 Å². The van der Waals surface area contributed by atoms with Crippen LogP contribution in [0.15, 0.2) is 0 Å². The number of hydrogen-bond donors (Lipinski definition) is 2. The molecule has 3 aliphatic heterocycles. The molecule has 8 heteroatoms. The van der Waals surface area contributed by atoms with E-state index in [0.29, 0.717) is 11.3 Å². The molecule has 3 saturated heterocycles. The SMILES string of the molecule is CN1CCCN(C(=O)C2CCSC2NC(=O)C2NC3CCCCC3S2)CC1. The van der Waals surface area contributed by atoms with Crippen molar-refractivity contribution < 1.29 is 9.59 Å². The fraction of sp³-hybridized carbons (Fsp3) is 0.895. The summed E-state index contributed by atoms with van der Waals surface area (Å²) in [6, 6.07) is 0.488. The molecule has 0 radical (unpaired) electrons. The Hall–Kier alpha value is -0.440. The van der Waals surface area contributed by atoms with E-state index >= 15 is 0 Å². The van der Waals surface area contributed by atoms with E-state index in [0.717, 1.165) is 44.8 Å². The van der Waals surface area contributed by atoms with Crippen molar-refractivity contribution in [3.8, 4) is 0 Å². The quantitative estimate of drug-likeness (QED) is 0.729. The minimum Gasteiger partial charge on any atom is -0.341 e. The predicted octanol–water partition coefficient (Wildman–Crippen LogP) is 1.32. The van der Waals surface area contributed by atoms with Gasteiger partial charge in [0.15, 0.2) is 0 Å². The molecule has 3 heterocycles. The van der Waals surface area contributed by atoms with Crippen molar-refractivity contribution in [2.45, 2.75) is 60.6 Å². The first kappa shape index (κ1) is 19.9. The third-order valence-electron chi connectivity index (χ3n) is 6.34. The van der Waals surface area contributed by atoms with Gasteiger partial charge in [0.05, 0.1) is 11.3 Å². The molecule has 5 unspecified atom stereocenters. The van der Waals surface area contributed by atoms with Crippen LogP contribution in [-0.4, -0.2) is 82.6 Å². The van der Waals surface area contributed by atoms with Crippen molar-refractivity contribution in [1.29, 1.82) is 0 Å². The Kier molecular flexibility index (Phi) is 6.57. The maximum Gasteiger partial charge on any atom is 0.248 e. The molecule has 0 aromatic carbocycles. The molecule has 0 aromatic heterocycles. The summed E-state index contributed by atoms with van der Waals surface area (Å²) in [6.45, 7) is 3.64. The molecular weight excluding hydrogens is 380 g/mol. The summed E-state index contributed by atoms with van der Waals surface area (Å²) in [6.07, 6.45) is 6.86. The fourth-order valence-corrected chi connectivity index (χ4v) is 7.53. The lowest BCUT2D eigenvalue weighted by Gasteiger charge is -2.27. The highest BCUT2D eigenvalue weighted by Gasteiger charge is 2.42. The summed E-state index contributed by atoms with van der Waals surface area (Å²) in [5.74, 6) is 1.19. The first-order valence-corrected chi connectivity index (χ1v) is 12.4. The van der Waals surface area contributed by atoms with E-state index < -0.39 is 0 Å². The topological polar surface area (TPSA) is 64.7 Å². The van der Waals surface area contributed by atoms with E-state index in [1.54, 1.807) is 23.5 Å². The summed E-state index contributed by atoms with van der Waals surface area (Å²) in [4.78, 5) is 30.3. The van der Waals surface area contributed by atoms with Gasteiger partial charge in [-0.15, -0.1) is 23.5 Å². The number of carbonyl (C=O) groups is 2. The summed E-state index contributed by atoms with van der Waals surface area (Å²) in [5, 5.41) is 7.09. The van der Waals surface area contributed by atoms with Gasteiger partial charge in [0.25, 0.3) is 0 Å². The van der Waals surface area contributed by atoms with Crippen LogP contribution in [0.1, 0.15) is 38.5 Å². The number of likely N-dealkylation sites (N-methyl/N-ethyl adjacent to an activating group) is 1. The molecule has 4 rings (SSSR count). The highest BCUT2D eigenvalue weighted by molar-refractivity contribution is 8.01. The number of nitrogens with zero attached hydrogens (tertiary/aromatic N) is 2. The minimum atomic E-state index is -0.151. The van der Waals surface area contributed by atoms with Gasteiger partial charge in [0, 0.05) is 30.9 Å². The second kappa shape index (κ2) is 8.93. The van der Waals surface area contributed by atoms with E-state index in [9.17, 15) is 9.59 Å². The molecule has 0 bridgehead atoms. The Balaban J connectivity index is 1.33. The van der Waals surface area contributed by atoms with Crippen molar-refractivity contribution in [2.24, 2.45) is 5.92 Å². The van der Waals surface area contributed by atoms with Gasteiger partial charge in [0.2, 0.25) is 11.8 Å². The zero-order valence-corrected chi connectivity index (χ0v) is 17.8. The number of carbonyl (C=O) groups excluding carboxylic acids is 2. The number of amides is 2.